The van der Waals surface area contributed by atoms with Crippen molar-refractivity contribution in [3.8, 4) is 24.7 Å². The molecule has 4 heteroatoms. The van der Waals surface area contributed by atoms with Crippen molar-refractivity contribution in [2.75, 3.05) is 0 Å². The fourth-order valence-electron chi connectivity index (χ4n) is 1.17. The molecule has 0 radical (unpaired) electrons. The zero-order valence-corrected chi connectivity index (χ0v) is 9.19. The lowest BCUT2D eigenvalue weighted by Crippen LogP contribution is -2.43. The number of terminal acetylenes is 2. The van der Waals surface area contributed by atoms with Gasteiger partial charge >= 0.3 is 5.97 Å². The summed E-state index contributed by atoms with van der Waals surface area (Å²) in [4.78, 5) is 22.4. The van der Waals surface area contributed by atoms with Crippen LogP contribution in [0.2, 0.25) is 0 Å². The summed E-state index contributed by atoms with van der Waals surface area (Å²) in [5.74, 6) is 2.74. The molecular weight excluding hydrogens is 206 g/mol. The van der Waals surface area contributed by atoms with Crippen LogP contribution < -0.4 is 5.32 Å². The molecule has 0 aromatic rings. The summed E-state index contributed by atoms with van der Waals surface area (Å²) in [6, 6.07) is -1.04. The van der Waals surface area contributed by atoms with Gasteiger partial charge in [0.15, 0.2) is 0 Å². The van der Waals surface area contributed by atoms with Gasteiger partial charge in [-0.2, -0.15) is 0 Å². The highest BCUT2D eigenvalue weighted by Gasteiger charge is 2.22. The number of hydrogen-bond acceptors (Lipinski definition) is 2. The van der Waals surface area contributed by atoms with E-state index in [2.05, 4.69) is 17.2 Å². The molecule has 2 atom stereocenters. The molecule has 0 fully saturated rings. The van der Waals surface area contributed by atoms with E-state index in [1.165, 1.54) is 0 Å². The van der Waals surface area contributed by atoms with Crippen molar-refractivity contribution >= 4 is 11.9 Å². The van der Waals surface area contributed by atoms with Crippen molar-refractivity contribution in [1.29, 1.82) is 0 Å². The van der Waals surface area contributed by atoms with Gasteiger partial charge in [0.1, 0.15) is 6.04 Å². The van der Waals surface area contributed by atoms with Gasteiger partial charge < -0.3 is 10.4 Å². The second-order valence-corrected chi connectivity index (χ2v) is 3.32. The van der Waals surface area contributed by atoms with E-state index >= 15 is 0 Å². The summed E-state index contributed by atoms with van der Waals surface area (Å²) in [7, 11) is 0. The molecule has 16 heavy (non-hydrogen) atoms. The van der Waals surface area contributed by atoms with Crippen LogP contribution in [0.15, 0.2) is 0 Å². The van der Waals surface area contributed by atoms with E-state index < -0.39 is 12.0 Å². The van der Waals surface area contributed by atoms with E-state index in [0.717, 1.165) is 0 Å². The number of carboxylic acid groups (broad SMARTS) is 1. The first-order valence-corrected chi connectivity index (χ1v) is 4.96. The normalized spacial score (nSPS) is 12.9. The van der Waals surface area contributed by atoms with E-state index in [1.807, 2.05) is 6.92 Å². The van der Waals surface area contributed by atoms with Crippen molar-refractivity contribution in [2.24, 2.45) is 5.92 Å². The SMILES string of the molecule is C#CC[C@@H](CC)C(=O)N[C@@H](CC#C)C(=O)O. The van der Waals surface area contributed by atoms with Crippen LogP contribution in [0.25, 0.3) is 0 Å². The average Bonchev–Trinajstić information content (AvgIpc) is 2.24. The molecule has 0 unspecified atom stereocenters. The van der Waals surface area contributed by atoms with Crippen molar-refractivity contribution in [3.05, 3.63) is 0 Å². The number of carbonyl (C=O) groups excluding carboxylic acids is 1. The standard InChI is InChI=1S/C12H15NO3/c1-4-7-9(6-3)11(14)13-10(8-5-2)12(15)16/h1-2,9-10H,6-8H2,3H3,(H,13,14)(H,15,16)/t9-,10+/m1/s1. The van der Waals surface area contributed by atoms with Gasteiger partial charge in [-0.1, -0.05) is 6.92 Å². The highest BCUT2D eigenvalue weighted by atomic mass is 16.4. The second kappa shape index (κ2) is 7.36. The summed E-state index contributed by atoms with van der Waals surface area (Å²) in [5, 5.41) is 11.2. The monoisotopic (exact) mass is 221 g/mol. The maximum absolute atomic E-state index is 11.6. The Hall–Kier alpha value is -1.94. The number of aliphatic carboxylic acids is 1. The summed E-state index contributed by atoms with van der Waals surface area (Å²) in [5.41, 5.74) is 0. The van der Waals surface area contributed by atoms with E-state index in [0.29, 0.717) is 12.8 Å². The first kappa shape index (κ1) is 14.1. The Morgan fingerprint density at radius 3 is 2.25 bits per heavy atom. The Morgan fingerprint density at radius 1 is 1.31 bits per heavy atom. The first-order valence-electron chi connectivity index (χ1n) is 4.96. The molecule has 0 aromatic heterocycles. The molecule has 4 nitrogen and oxygen atoms in total. The smallest absolute Gasteiger partial charge is 0.327 e. The molecule has 0 bridgehead atoms. The molecule has 0 aliphatic heterocycles. The van der Waals surface area contributed by atoms with Crippen LogP contribution in [-0.2, 0) is 9.59 Å². The summed E-state index contributed by atoms with van der Waals surface area (Å²) in [6.45, 7) is 1.82. The molecule has 0 aromatic carbocycles. The zero-order valence-electron chi connectivity index (χ0n) is 9.19. The molecular formula is C12H15NO3. The molecule has 1 amide bonds. The molecule has 86 valence electrons. The number of rotatable bonds is 6. The maximum atomic E-state index is 11.6. The Labute approximate surface area is 95.4 Å². The molecule has 0 saturated heterocycles. The molecule has 0 rings (SSSR count). The number of hydrogen-bond donors (Lipinski definition) is 2. The fraction of sp³-hybridized carbons (Fsp3) is 0.500. The lowest BCUT2D eigenvalue weighted by molar-refractivity contribution is -0.142. The first-order chi connectivity index (χ1) is 7.56. The van der Waals surface area contributed by atoms with Gasteiger partial charge in [-0.3, -0.25) is 4.79 Å². The number of carboxylic acids is 1. The fourth-order valence-corrected chi connectivity index (χ4v) is 1.17. The van der Waals surface area contributed by atoms with Gasteiger partial charge in [0.05, 0.1) is 0 Å². The number of amides is 1. The van der Waals surface area contributed by atoms with Gasteiger partial charge in [-0.15, -0.1) is 24.7 Å². The third kappa shape index (κ3) is 4.52. The van der Waals surface area contributed by atoms with E-state index in [9.17, 15) is 9.59 Å². The van der Waals surface area contributed by atoms with Crippen molar-refractivity contribution < 1.29 is 14.7 Å². The van der Waals surface area contributed by atoms with Crippen molar-refractivity contribution in [3.63, 3.8) is 0 Å². The third-order valence-electron chi connectivity index (χ3n) is 2.16. The van der Waals surface area contributed by atoms with Crippen molar-refractivity contribution in [1.82, 2.24) is 5.32 Å². The predicted octanol–water partition coefficient (Wildman–Crippen LogP) is 0.629. The van der Waals surface area contributed by atoms with Gasteiger partial charge in [-0.25, -0.2) is 4.79 Å². The lowest BCUT2D eigenvalue weighted by Gasteiger charge is -2.16. The highest BCUT2D eigenvalue weighted by molar-refractivity contribution is 5.85. The maximum Gasteiger partial charge on any atom is 0.327 e. The van der Waals surface area contributed by atoms with Crippen LogP contribution in [0.5, 0.6) is 0 Å². The third-order valence-corrected chi connectivity index (χ3v) is 2.16. The lowest BCUT2D eigenvalue weighted by atomic mass is 10.0. The number of carbonyl (C=O) groups is 2. The van der Waals surface area contributed by atoms with Gasteiger partial charge in [-0.05, 0) is 6.42 Å². The minimum absolute atomic E-state index is 0.0342. The van der Waals surface area contributed by atoms with Crippen LogP contribution in [0.3, 0.4) is 0 Å². The van der Waals surface area contributed by atoms with Gasteiger partial charge in [0.25, 0.3) is 0 Å². The van der Waals surface area contributed by atoms with E-state index in [-0.39, 0.29) is 18.2 Å². The molecule has 0 aliphatic carbocycles. The average molecular weight is 221 g/mol. The van der Waals surface area contributed by atoms with Crippen LogP contribution >= 0.6 is 0 Å². The molecule has 0 spiro atoms. The quantitative estimate of drug-likeness (QED) is 0.646. The Kier molecular flexibility index (Phi) is 6.47. The van der Waals surface area contributed by atoms with Crippen LogP contribution in [0.4, 0.5) is 0 Å². The largest absolute Gasteiger partial charge is 0.480 e. The van der Waals surface area contributed by atoms with Crippen LogP contribution in [0.1, 0.15) is 26.2 Å². The Balaban J connectivity index is 4.45. The van der Waals surface area contributed by atoms with Crippen LogP contribution in [-0.4, -0.2) is 23.0 Å². The predicted molar refractivity (Wildman–Crippen MR) is 60.2 cm³/mol. The zero-order chi connectivity index (χ0) is 12.6. The molecule has 2 N–H and O–H groups in total. The summed E-state index contributed by atoms with van der Waals surface area (Å²) < 4.78 is 0. The molecule has 0 heterocycles. The van der Waals surface area contributed by atoms with Crippen molar-refractivity contribution in [2.45, 2.75) is 32.2 Å². The van der Waals surface area contributed by atoms with E-state index in [1.54, 1.807) is 0 Å². The van der Waals surface area contributed by atoms with Crippen LogP contribution in [0, 0.1) is 30.6 Å². The second-order valence-electron chi connectivity index (χ2n) is 3.32. The summed E-state index contributed by atoms with van der Waals surface area (Å²) >= 11 is 0. The molecule has 0 saturated carbocycles. The minimum atomic E-state index is -1.14. The van der Waals surface area contributed by atoms with Gasteiger partial charge in [0.2, 0.25) is 5.91 Å². The molecule has 0 aliphatic rings. The Bertz CT molecular complexity index is 335. The topological polar surface area (TPSA) is 66.4 Å². The number of nitrogens with one attached hydrogen (secondary N) is 1. The Morgan fingerprint density at radius 2 is 1.88 bits per heavy atom. The minimum Gasteiger partial charge on any atom is -0.480 e. The highest BCUT2D eigenvalue weighted by Crippen LogP contribution is 2.08. The van der Waals surface area contributed by atoms with Gasteiger partial charge in [0, 0.05) is 18.8 Å². The van der Waals surface area contributed by atoms with E-state index in [4.69, 9.17) is 18.0 Å². The summed E-state index contributed by atoms with van der Waals surface area (Å²) in [6.07, 6.45) is 11.0.